The Kier molecular flexibility index (Phi) is 3.02. The number of rotatable bonds is 2. The van der Waals surface area contributed by atoms with E-state index in [0.29, 0.717) is 5.69 Å². The van der Waals surface area contributed by atoms with Gasteiger partial charge in [-0.1, -0.05) is 12.1 Å². The average Bonchev–Trinajstić information content (AvgIpc) is 2.30. The van der Waals surface area contributed by atoms with Crippen LogP contribution in [0.1, 0.15) is 12.0 Å². The summed E-state index contributed by atoms with van der Waals surface area (Å²) in [6, 6.07) is 5.35. The van der Waals surface area contributed by atoms with E-state index in [9.17, 15) is 4.39 Å². The molecule has 0 unspecified atom stereocenters. The van der Waals surface area contributed by atoms with Crippen molar-refractivity contribution < 1.29 is 4.39 Å². The lowest BCUT2D eigenvalue weighted by atomic mass is 10.00. The SMILES string of the molecule is CNc1ccc(C2=CCNCC2)cc1F. The van der Waals surface area contributed by atoms with Crippen LogP contribution in [0.3, 0.4) is 0 Å². The average molecular weight is 206 g/mol. The Balaban J connectivity index is 2.29. The van der Waals surface area contributed by atoms with Crippen LogP contribution >= 0.6 is 0 Å². The molecule has 1 aromatic carbocycles. The molecule has 2 nitrogen and oxygen atoms in total. The van der Waals surface area contributed by atoms with Gasteiger partial charge in [-0.2, -0.15) is 0 Å². The first kappa shape index (κ1) is 10.2. The molecular weight excluding hydrogens is 191 g/mol. The zero-order valence-corrected chi connectivity index (χ0v) is 8.81. The van der Waals surface area contributed by atoms with E-state index < -0.39 is 0 Å². The standard InChI is InChI=1S/C12H15FN2/c1-14-12-3-2-10(8-11(12)13)9-4-6-15-7-5-9/h2-4,8,14-15H,5-7H2,1H3. The molecule has 0 aliphatic carbocycles. The Bertz CT molecular complexity index is 385. The van der Waals surface area contributed by atoms with Crippen molar-refractivity contribution >= 4 is 11.3 Å². The van der Waals surface area contributed by atoms with Gasteiger partial charge in [0.1, 0.15) is 5.82 Å². The van der Waals surface area contributed by atoms with Gasteiger partial charge >= 0.3 is 0 Å². The molecule has 0 saturated heterocycles. The van der Waals surface area contributed by atoms with Gasteiger partial charge in [0.15, 0.2) is 0 Å². The zero-order chi connectivity index (χ0) is 10.7. The van der Waals surface area contributed by atoms with Crippen LogP contribution in [0.2, 0.25) is 0 Å². The van der Waals surface area contributed by atoms with Crippen LogP contribution in [0.4, 0.5) is 10.1 Å². The summed E-state index contributed by atoms with van der Waals surface area (Å²) in [5, 5.41) is 6.06. The topological polar surface area (TPSA) is 24.1 Å². The minimum absolute atomic E-state index is 0.186. The minimum atomic E-state index is -0.186. The van der Waals surface area contributed by atoms with Crippen LogP contribution in [0.25, 0.3) is 5.57 Å². The third-order valence-electron chi connectivity index (χ3n) is 2.67. The van der Waals surface area contributed by atoms with Gasteiger partial charge in [-0.15, -0.1) is 0 Å². The first-order valence-corrected chi connectivity index (χ1v) is 5.18. The van der Waals surface area contributed by atoms with E-state index in [-0.39, 0.29) is 5.82 Å². The molecule has 80 valence electrons. The quantitative estimate of drug-likeness (QED) is 0.775. The summed E-state index contributed by atoms with van der Waals surface area (Å²) in [5.74, 6) is -0.186. The van der Waals surface area contributed by atoms with Gasteiger partial charge in [0.05, 0.1) is 5.69 Å². The maximum Gasteiger partial charge on any atom is 0.146 e. The van der Waals surface area contributed by atoms with Crippen LogP contribution in [-0.2, 0) is 0 Å². The molecule has 15 heavy (non-hydrogen) atoms. The second-order valence-corrected chi connectivity index (χ2v) is 3.63. The lowest BCUT2D eigenvalue weighted by molar-refractivity contribution is 0.630. The lowest BCUT2D eigenvalue weighted by Gasteiger charge is -2.14. The van der Waals surface area contributed by atoms with Crippen molar-refractivity contribution in [1.82, 2.24) is 5.32 Å². The maximum atomic E-state index is 13.5. The Hall–Kier alpha value is -1.35. The fraction of sp³-hybridized carbons (Fsp3) is 0.333. The summed E-state index contributed by atoms with van der Waals surface area (Å²) in [6.07, 6.45) is 3.09. The van der Waals surface area contributed by atoms with Gasteiger partial charge in [0.2, 0.25) is 0 Å². The second-order valence-electron chi connectivity index (χ2n) is 3.63. The molecular formula is C12H15FN2. The van der Waals surface area contributed by atoms with Crippen molar-refractivity contribution in [2.24, 2.45) is 0 Å². The molecule has 0 bridgehead atoms. The molecule has 1 aromatic rings. The fourth-order valence-corrected chi connectivity index (χ4v) is 1.80. The Morgan fingerprint density at radius 2 is 2.27 bits per heavy atom. The van der Waals surface area contributed by atoms with E-state index in [1.807, 2.05) is 6.07 Å². The monoisotopic (exact) mass is 206 g/mol. The molecule has 2 rings (SSSR count). The van der Waals surface area contributed by atoms with Crippen LogP contribution in [0.5, 0.6) is 0 Å². The lowest BCUT2D eigenvalue weighted by Crippen LogP contribution is -2.20. The van der Waals surface area contributed by atoms with Crippen LogP contribution < -0.4 is 10.6 Å². The van der Waals surface area contributed by atoms with E-state index in [0.717, 1.165) is 25.1 Å². The summed E-state index contributed by atoms with van der Waals surface area (Å²) in [6.45, 7) is 1.85. The fourth-order valence-electron chi connectivity index (χ4n) is 1.80. The molecule has 2 N–H and O–H groups in total. The number of hydrogen-bond donors (Lipinski definition) is 2. The molecule has 0 atom stereocenters. The molecule has 1 aliphatic heterocycles. The molecule has 0 fully saturated rings. The predicted molar refractivity (Wildman–Crippen MR) is 61.4 cm³/mol. The highest BCUT2D eigenvalue weighted by molar-refractivity contribution is 5.68. The Labute approximate surface area is 89.2 Å². The van der Waals surface area contributed by atoms with Crippen LogP contribution in [0.15, 0.2) is 24.3 Å². The Morgan fingerprint density at radius 3 is 2.87 bits per heavy atom. The first-order valence-electron chi connectivity index (χ1n) is 5.18. The highest BCUT2D eigenvalue weighted by Crippen LogP contribution is 2.23. The predicted octanol–water partition coefficient (Wildman–Crippen LogP) is 2.24. The molecule has 0 aromatic heterocycles. The van der Waals surface area contributed by atoms with Crippen molar-refractivity contribution in [2.45, 2.75) is 6.42 Å². The summed E-state index contributed by atoms with van der Waals surface area (Å²) in [7, 11) is 1.72. The first-order chi connectivity index (χ1) is 7.31. The number of hydrogen-bond acceptors (Lipinski definition) is 2. The third-order valence-corrected chi connectivity index (χ3v) is 2.67. The van der Waals surface area contributed by atoms with Crippen molar-refractivity contribution in [3.63, 3.8) is 0 Å². The van der Waals surface area contributed by atoms with E-state index in [1.54, 1.807) is 19.2 Å². The molecule has 0 radical (unpaired) electrons. The highest BCUT2D eigenvalue weighted by atomic mass is 19.1. The summed E-state index contributed by atoms with van der Waals surface area (Å²) < 4.78 is 13.5. The van der Waals surface area contributed by atoms with Gasteiger partial charge < -0.3 is 10.6 Å². The number of anilines is 1. The van der Waals surface area contributed by atoms with E-state index >= 15 is 0 Å². The number of nitrogens with one attached hydrogen (secondary N) is 2. The van der Waals surface area contributed by atoms with E-state index in [4.69, 9.17) is 0 Å². The smallest absolute Gasteiger partial charge is 0.146 e. The summed E-state index contributed by atoms with van der Waals surface area (Å²) >= 11 is 0. The van der Waals surface area contributed by atoms with E-state index in [1.165, 1.54) is 5.57 Å². The van der Waals surface area contributed by atoms with Crippen LogP contribution in [0, 0.1) is 5.82 Å². The molecule has 0 amide bonds. The van der Waals surface area contributed by atoms with Gasteiger partial charge in [-0.3, -0.25) is 0 Å². The van der Waals surface area contributed by atoms with Crippen molar-refractivity contribution in [1.29, 1.82) is 0 Å². The zero-order valence-electron chi connectivity index (χ0n) is 8.81. The molecule has 0 saturated carbocycles. The largest absolute Gasteiger partial charge is 0.386 e. The number of benzene rings is 1. The van der Waals surface area contributed by atoms with Gasteiger partial charge in [-0.25, -0.2) is 4.39 Å². The maximum absolute atomic E-state index is 13.5. The van der Waals surface area contributed by atoms with Gasteiger partial charge in [0, 0.05) is 13.6 Å². The molecule has 0 spiro atoms. The van der Waals surface area contributed by atoms with Crippen molar-refractivity contribution in [3.05, 3.63) is 35.7 Å². The van der Waals surface area contributed by atoms with Crippen molar-refractivity contribution in [3.8, 4) is 0 Å². The molecule has 3 heteroatoms. The van der Waals surface area contributed by atoms with Crippen molar-refractivity contribution in [2.75, 3.05) is 25.5 Å². The van der Waals surface area contributed by atoms with Crippen LogP contribution in [-0.4, -0.2) is 20.1 Å². The molecule has 1 aliphatic rings. The normalized spacial score (nSPS) is 16.0. The second kappa shape index (κ2) is 4.45. The van der Waals surface area contributed by atoms with Gasteiger partial charge in [0.25, 0.3) is 0 Å². The highest BCUT2D eigenvalue weighted by Gasteiger charge is 2.08. The summed E-state index contributed by atoms with van der Waals surface area (Å²) in [5.41, 5.74) is 2.77. The summed E-state index contributed by atoms with van der Waals surface area (Å²) in [4.78, 5) is 0. The third kappa shape index (κ3) is 2.18. The van der Waals surface area contributed by atoms with Gasteiger partial charge in [-0.05, 0) is 36.2 Å². The van der Waals surface area contributed by atoms with E-state index in [2.05, 4.69) is 16.7 Å². The number of halogens is 1. The Morgan fingerprint density at radius 1 is 1.40 bits per heavy atom. The minimum Gasteiger partial charge on any atom is -0.386 e. The molecule has 1 heterocycles.